The van der Waals surface area contributed by atoms with Crippen molar-refractivity contribution in [2.24, 2.45) is 7.05 Å². The second kappa shape index (κ2) is 11.3. The highest BCUT2D eigenvalue weighted by molar-refractivity contribution is 7.99. The Morgan fingerprint density at radius 2 is 1.84 bits per heavy atom. The zero-order valence-electron chi connectivity index (χ0n) is 18.9. The van der Waals surface area contributed by atoms with Crippen molar-refractivity contribution in [1.82, 2.24) is 14.2 Å². The van der Waals surface area contributed by atoms with Crippen LogP contribution < -0.4 is 10.7 Å². The molecule has 0 saturated carbocycles. The van der Waals surface area contributed by atoms with Gasteiger partial charge < -0.3 is 9.88 Å². The van der Waals surface area contributed by atoms with Gasteiger partial charge in [-0.25, -0.2) is 8.42 Å². The fraction of sp³-hybridized carbons (Fsp3) is 0.565. The van der Waals surface area contributed by atoms with Crippen LogP contribution in [0, 0.1) is 0 Å². The van der Waals surface area contributed by atoms with Gasteiger partial charge in [0.1, 0.15) is 5.56 Å². The van der Waals surface area contributed by atoms with Crippen LogP contribution in [-0.2, 0) is 17.1 Å². The average molecular weight is 480 g/mol. The number of aryl methyl sites for hydroxylation is 1. The zero-order chi connectivity index (χ0) is 23.1. The molecule has 0 radical (unpaired) electrons. The van der Waals surface area contributed by atoms with E-state index >= 15 is 0 Å². The predicted molar refractivity (Wildman–Crippen MR) is 131 cm³/mol. The zero-order valence-corrected chi connectivity index (χ0v) is 20.6. The van der Waals surface area contributed by atoms with Crippen molar-refractivity contribution >= 4 is 38.6 Å². The first kappa shape index (κ1) is 24.8. The van der Waals surface area contributed by atoms with Crippen LogP contribution in [0.3, 0.4) is 0 Å². The third-order valence-corrected chi connectivity index (χ3v) is 8.80. The van der Waals surface area contributed by atoms with Crippen LogP contribution in [0.15, 0.2) is 34.1 Å². The predicted octanol–water partition coefficient (Wildman–Crippen LogP) is 3.37. The average Bonchev–Trinajstić information content (AvgIpc) is 2.81. The summed E-state index contributed by atoms with van der Waals surface area (Å²) in [4.78, 5) is 25.9. The number of carbonyl (C=O) groups excluding carboxylic acids is 1. The minimum atomic E-state index is -3.66. The Kier molecular flexibility index (Phi) is 8.79. The minimum Gasteiger partial charge on any atom is -0.352 e. The van der Waals surface area contributed by atoms with E-state index in [4.69, 9.17) is 0 Å². The summed E-state index contributed by atoms with van der Waals surface area (Å²) in [5, 5.41) is 3.07. The van der Waals surface area contributed by atoms with E-state index in [9.17, 15) is 18.0 Å². The quantitative estimate of drug-likeness (QED) is 0.528. The number of nitrogens with one attached hydrogen (secondary N) is 1. The minimum absolute atomic E-state index is 0.0335. The SMILES string of the molecule is CCCCSCCCNC(=O)c1cn(C)c2ccc(S(=O)(=O)N3CCCCC3)cc2c1=O. The number of benzene rings is 1. The van der Waals surface area contributed by atoms with Gasteiger partial charge in [-0.15, -0.1) is 0 Å². The van der Waals surface area contributed by atoms with Crippen molar-refractivity contribution in [2.75, 3.05) is 31.1 Å². The maximum atomic E-state index is 13.1. The molecule has 1 saturated heterocycles. The highest BCUT2D eigenvalue weighted by atomic mass is 32.2. The van der Waals surface area contributed by atoms with Crippen molar-refractivity contribution in [3.63, 3.8) is 0 Å². The normalized spacial score (nSPS) is 15.2. The number of fused-ring (bicyclic) bond motifs is 1. The van der Waals surface area contributed by atoms with Crippen LogP contribution in [-0.4, -0.2) is 54.3 Å². The number of hydrogen-bond acceptors (Lipinski definition) is 5. The van der Waals surface area contributed by atoms with Crippen molar-refractivity contribution < 1.29 is 13.2 Å². The molecule has 1 aromatic carbocycles. The van der Waals surface area contributed by atoms with E-state index in [-0.39, 0.29) is 15.8 Å². The summed E-state index contributed by atoms with van der Waals surface area (Å²) in [5.74, 6) is 1.67. The molecule has 176 valence electrons. The molecule has 0 atom stereocenters. The fourth-order valence-electron chi connectivity index (χ4n) is 3.87. The first-order chi connectivity index (χ1) is 15.4. The maximum Gasteiger partial charge on any atom is 0.256 e. The van der Waals surface area contributed by atoms with Crippen molar-refractivity contribution in [3.8, 4) is 0 Å². The van der Waals surface area contributed by atoms with Gasteiger partial charge in [0.15, 0.2) is 0 Å². The largest absolute Gasteiger partial charge is 0.352 e. The third-order valence-electron chi connectivity index (χ3n) is 5.75. The molecule has 1 aliphatic heterocycles. The highest BCUT2D eigenvalue weighted by Gasteiger charge is 2.26. The molecule has 3 rings (SSSR count). The summed E-state index contributed by atoms with van der Waals surface area (Å²) in [6.45, 7) is 3.66. The first-order valence-electron chi connectivity index (χ1n) is 11.4. The lowest BCUT2D eigenvalue weighted by atomic mass is 10.1. The molecule has 1 fully saturated rings. The van der Waals surface area contributed by atoms with Gasteiger partial charge in [-0.05, 0) is 55.4 Å². The molecule has 0 unspecified atom stereocenters. The lowest BCUT2D eigenvalue weighted by Crippen LogP contribution is -2.35. The van der Waals surface area contributed by atoms with Crippen LogP contribution in [0.5, 0.6) is 0 Å². The molecule has 32 heavy (non-hydrogen) atoms. The van der Waals surface area contributed by atoms with Crippen LogP contribution in [0.1, 0.15) is 55.8 Å². The van der Waals surface area contributed by atoms with Gasteiger partial charge >= 0.3 is 0 Å². The van der Waals surface area contributed by atoms with E-state index in [0.717, 1.165) is 37.2 Å². The summed E-state index contributed by atoms with van der Waals surface area (Å²) in [7, 11) is -1.91. The number of pyridine rings is 1. The Labute approximate surface area is 194 Å². The van der Waals surface area contributed by atoms with E-state index in [1.165, 1.54) is 29.4 Å². The summed E-state index contributed by atoms with van der Waals surface area (Å²) in [5.41, 5.74) is 0.186. The fourth-order valence-corrected chi connectivity index (χ4v) is 6.46. The van der Waals surface area contributed by atoms with Crippen LogP contribution in [0.2, 0.25) is 0 Å². The molecule has 1 amide bonds. The number of aromatic nitrogens is 1. The molecule has 2 aromatic rings. The maximum absolute atomic E-state index is 13.1. The molecule has 7 nitrogen and oxygen atoms in total. The Morgan fingerprint density at radius 1 is 1.12 bits per heavy atom. The van der Waals surface area contributed by atoms with Crippen molar-refractivity contribution in [3.05, 3.63) is 40.2 Å². The number of carbonyl (C=O) groups is 1. The molecule has 1 N–H and O–H groups in total. The second-order valence-electron chi connectivity index (χ2n) is 8.20. The van der Waals surface area contributed by atoms with Crippen molar-refractivity contribution in [1.29, 1.82) is 0 Å². The molecule has 0 aliphatic carbocycles. The number of sulfonamides is 1. The lowest BCUT2D eigenvalue weighted by molar-refractivity contribution is 0.0952. The monoisotopic (exact) mass is 479 g/mol. The molecular formula is C23H33N3O4S2. The molecule has 1 aliphatic rings. The second-order valence-corrected chi connectivity index (χ2v) is 11.4. The molecule has 9 heteroatoms. The number of hydrogen-bond donors (Lipinski definition) is 1. The van der Waals surface area contributed by atoms with Crippen molar-refractivity contribution in [2.45, 2.75) is 50.3 Å². The standard InChI is InChI=1S/C23H33N3O4S2/c1-3-4-14-31-15-8-11-24-23(28)20-17-25(2)21-10-9-18(16-19(21)22(20)27)32(29,30)26-12-6-5-7-13-26/h9-10,16-17H,3-8,11-15H2,1-2H3,(H,24,28). The van der Waals surface area contributed by atoms with Gasteiger partial charge in [0.2, 0.25) is 15.5 Å². The first-order valence-corrected chi connectivity index (χ1v) is 13.9. The van der Waals surface area contributed by atoms with Crippen LogP contribution in [0.25, 0.3) is 10.9 Å². The summed E-state index contributed by atoms with van der Waals surface area (Å²) in [6.07, 6.45) is 7.45. The smallest absolute Gasteiger partial charge is 0.256 e. The Balaban J connectivity index is 1.79. The number of amides is 1. The molecule has 0 bridgehead atoms. The topological polar surface area (TPSA) is 88.5 Å². The summed E-state index contributed by atoms with van der Waals surface area (Å²) < 4.78 is 29.3. The summed E-state index contributed by atoms with van der Waals surface area (Å²) >= 11 is 1.87. The Bertz CT molecular complexity index is 1110. The van der Waals surface area contributed by atoms with E-state index in [0.29, 0.717) is 25.2 Å². The van der Waals surface area contributed by atoms with E-state index in [2.05, 4.69) is 12.2 Å². The van der Waals surface area contributed by atoms with Gasteiger partial charge in [0, 0.05) is 38.3 Å². The van der Waals surface area contributed by atoms with Gasteiger partial charge in [0.25, 0.3) is 5.91 Å². The number of nitrogens with zero attached hydrogens (tertiary/aromatic N) is 2. The Hall–Kier alpha value is -1.84. The Morgan fingerprint density at radius 3 is 2.56 bits per heavy atom. The number of piperidine rings is 1. The molecule has 2 heterocycles. The van der Waals surface area contributed by atoms with Gasteiger partial charge in [-0.2, -0.15) is 16.1 Å². The van der Waals surface area contributed by atoms with Crippen LogP contribution >= 0.6 is 11.8 Å². The highest BCUT2D eigenvalue weighted by Crippen LogP contribution is 2.23. The van der Waals surface area contributed by atoms with Gasteiger partial charge in [0.05, 0.1) is 10.4 Å². The lowest BCUT2D eigenvalue weighted by Gasteiger charge is -2.26. The number of unbranched alkanes of at least 4 members (excludes halogenated alkanes) is 1. The molecular weight excluding hydrogens is 446 g/mol. The van der Waals surface area contributed by atoms with E-state index < -0.39 is 21.4 Å². The molecule has 0 spiro atoms. The van der Waals surface area contributed by atoms with Crippen LogP contribution in [0.4, 0.5) is 0 Å². The molecule has 1 aromatic heterocycles. The number of rotatable bonds is 10. The van der Waals surface area contributed by atoms with Gasteiger partial charge in [-0.1, -0.05) is 19.8 Å². The summed E-state index contributed by atoms with van der Waals surface area (Å²) in [6, 6.07) is 4.60. The third kappa shape index (κ3) is 5.74. The van der Waals surface area contributed by atoms with E-state index in [1.54, 1.807) is 23.7 Å². The number of thioether (sulfide) groups is 1. The van der Waals surface area contributed by atoms with E-state index in [1.807, 2.05) is 11.8 Å². The van der Waals surface area contributed by atoms with Gasteiger partial charge in [-0.3, -0.25) is 9.59 Å².